The van der Waals surface area contributed by atoms with Crippen LogP contribution in [0.15, 0.2) is 17.4 Å². The third-order valence-electron chi connectivity index (χ3n) is 3.16. The molecule has 0 bridgehead atoms. The number of aliphatic hydroxyl groups excluding tert-OH is 3. The predicted molar refractivity (Wildman–Crippen MR) is 76.7 cm³/mol. The summed E-state index contributed by atoms with van der Waals surface area (Å²) in [7, 11) is -2.12. The number of hydrogen-bond donors (Lipinski definition) is 7. The Balaban J connectivity index is 0.000000433. The molecule has 12 nitrogen and oxygen atoms in total. The smallest absolute Gasteiger partial charge is 0.278 e. The summed E-state index contributed by atoms with van der Waals surface area (Å²) in [5, 5.41) is 28.6. The van der Waals surface area contributed by atoms with Gasteiger partial charge in [0.25, 0.3) is 5.56 Å². The van der Waals surface area contributed by atoms with Gasteiger partial charge in [0.1, 0.15) is 18.3 Å². The molecule has 13 heteroatoms. The molecule has 0 spiro atoms. The van der Waals surface area contributed by atoms with Crippen LogP contribution < -0.4 is 11.1 Å². The maximum atomic E-state index is 11.5. The minimum absolute atomic E-state index is 0.111. The van der Waals surface area contributed by atoms with Gasteiger partial charge in [0.05, 0.1) is 19.3 Å². The molecule has 0 saturated carbocycles. The van der Waals surface area contributed by atoms with Crippen LogP contribution in [0.5, 0.6) is 0 Å². The van der Waals surface area contributed by atoms with Gasteiger partial charge in [0.2, 0.25) is 8.53 Å². The molecule has 2 aromatic rings. The molecule has 0 aliphatic carbocycles. The third kappa shape index (κ3) is 3.71. The molecule has 0 radical (unpaired) electrons. The summed E-state index contributed by atoms with van der Waals surface area (Å²) in [6, 6.07) is 0. The summed E-state index contributed by atoms with van der Waals surface area (Å²) >= 11 is 0. The molecule has 8 N–H and O–H groups in total. The van der Waals surface area contributed by atoms with Crippen LogP contribution in [0, 0.1) is 0 Å². The van der Waals surface area contributed by atoms with Crippen molar-refractivity contribution in [2.24, 2.45) is 5.50 Å². The molecule has 2 aromatic heterocycles. The first-order valence-corrected chi connectivity index (χ1v) is 7.63. The van der Waals surface area contributed by atoms with Crippen LogP contribution in [0.3, 0.4) is 0 Å². The number of imidazole rings is 1. The number of ether oxygens (including phenoxy) is 1. The van der Waals surface area contributed by atoms with Gasteiger partial charge in [-0.2, -0.15) is 0 Å². The highest BCUT2D eigenvalue weighted by Crippen LogP contribution is 2.30. The number of fused-ring (bicyclic) bond motifs is 1. The van der Waals surface area contributed by atoms with E-state index in [1.165, 1.54) is 17.2 Å². The highest BCUT2D eigenvalue weighted by molar-refractivity contribution is 7.42. The van der Waals surface area contributed by atoms with Crippen LogP contribution in [-0.2, 0) is 4.74 Å². The van der Waals surface area contributed by atoms with Gasteiger partial charge in [-0.3, -0.25) is 14.9 Å². The molecule has 0 aromatic carbocycles. The Morgan fingerprint density at radius 1 is 1.35 bits per heavy atom. The third-order valence-corrected chi connectivity index (χ3v) is 3.16. The molecule has 1 saturated heterocycles. The molecule has 0 unspecified atom stereocenters. The summed E-state index contributed by atoms with van der Waals surface area (Å²) in [5.41, 5.74) is 4.23. The van der Waals surface area contributed by atoms with Gasteiger partial charge in [-0.1, -0.05) is 0 Å². The zero-order valence-electron chi connectivity index (χ0n) is 11.6. The summed E-state index contributed by atoms with van der Waals surface area (Å²) in [6.45, 7) is -0.421. The number of rotatable bonds is 2. The maximum absolute atomic E-state index is 11.5. The number of nitrogens with two attached hydrogens (primary N) is 1. The largest absolute Gasteiger partial charge is 0.394 e. The highest BCUT2D eigenvalue weighted by Gasteiger charge is 2.43. The predicted octanol–water partition coefficient (Wildman–Crippen LogP) is -3.11. The first kappa shape index (κ1) is 17.8. The van der Waals surface area contributed by atoms with Gasteiger partial charge >= 0.3 is 0 Å². The van der Waals surface area contributed by atoms with E-state index in [9.17, 15) is 15.0 Å². The van der Waals surface area contributed by atoms with Crippen molar-refractivity contribution in [3.63, 3.8) is 0 Å². The molecule has 1 fully saturated rings. The van der Waals surface area contributed by atoms with Gasteiger partial charge in [-0.15, -0.1) is 0 Å². The van der Waals surface area contributed by atoms with E-state index in [1.807, 2.05) is 0 Å². The Labute approximate surface area is 129 Å². The monoisotopic (exact) mass is 349 g/mol. The zero-order valence-corrected chi connectivity index (χ0v) is 12.5. The van der Waals surface area contributed by atoms with Crippen molar-refractivity contribution in [2.75, 3.05) is 6.61 Å². The number of nitrogens with one attached hydrogen (secondary N) is 1. The average molecular weight is 349 g/mol. The number of aromatic amines is 1. The lowest BCUT2D eigenvalue weighted by atomic mass is 10.1. The van der Waals surface area contributed by atoms with E-state index in [2.05, 4.69) is 20.5 Å². The van der Waals surface area contributed by atoms with E-state index in [0.29, 0.717) is 0 Å². The molecular formula is C10H16N5O7P. The molecule has 3 heterocycles. The second kappa shape index (κ2) is 7.38. The molecule has 1 aliphatic rings. The van der Waals surface area contributed by atoms with Gasteiger partial charge in [0.15, 0.2) is 17.4 Å². The van der Waals surface area contributed by atoms with Crippen LogP contribution in [0.2, 0.25) is 0 Å². The average Bonchev–Trinajstić information content (AvgIpc) is 3.02. The van der Waals surface area contributed by atoms with Crippen LogP contribution in [0.25, 0.3) is 11.2 Å². The Morgan fingerprint density at radius 3 is 2.57 bits per heavy atom. The van der Waals surface area contributed by atoms with E-state index in [4.69, 9.17) is 19.6 Å². The zero-order chi connectivity index (χ0) is 17.1. The van der Waals surface area contributed by atoms with E-state index >= 15 is 0 Å². The lowest BCUT2D eigenvalue weighted by Crippen LogP contribution is -2.33. The van der Waals surface area contributed by atoms with Crippen LogP contribution in [0.1, 0.15) is 6.23 Å². The second-order valence-electron chi connectivity index (χ2n) is 4.60. The van der Waals surface area contributed by atoms with E-state index in [-0.39, 0.29) is 11.2 Å². The molecular weight excluding hydrogens is 333 g/mol. The van der Waals surface area contributed by atoms with Gasteiger partial charge in [-0.25, -0.2) is 9.97 Å². The molecule has 128 valence electrons. The van der Waals surface area contributed by atoms with Gasteiger partial charge < -0.3 is 34.8 Å². The summed E-state index contributed by atoms with van der Waals surface area (Å²) in [4.78, 5) is 36.7. The van der Waals surface area contributed by atoms with Crippen molar-refractivity contribution < 1.29 is 29.8 Å². The molecule has 23 heavy (non-hydrogen) atoms. The Kier molecular flexibility index (Phi) is 5.73. The quantitative estimate of drug-likeness (QED) is 0.272. The fourth-order valence-electron chi connectivity index (χ4n) is 2.16. The fourth-order valence-corrected chi connectivity index (χ4v) is 2.16. The molecule has 3 rings (SSSR count). The van der Waals surface area contributed by atoms with Gasteiger partial charge in [-0.05, 0) is 0 Å². The SMILES string of the molecule is NP(O)O.O=c1[nH]cnc2c1ncn2[C@@H]1O[C@H](CO)[C@@H](O)[C@H]1O. The van der Waals surface area contributed by atoms with Crippen molar-refractivity contribution in [1.29, 1.82) is 0 Å². The number of H-pyrrole nitrogens is 1. The summed E-state index contributed by atoms with van der Waals surface area (Å²) < 4.78 is 6.70. The van der Waals surface area contributed by atoms with Crippen LogP contribution >= 0.6 is 8.53 Å². The molecule has 4 atom stereocenters. The van der Waals surface area contributed by atoms with E-state index < -0.39 is 45.2 Å². The normalized spacial score (nSPS) is 27.3. The van der Waals surface area contributed by atoms with Crippen molar-refractivity contribution in [1.82, 2.24) is 19.5 Å². The summed E-state index contributed by atoms with van der Waals surface area (Å²) in [6.07, 6.45) is -1.78. The van der Waals surface area contributed by atoms with E-state index in [1.54, 1.807) is 0 Å². The Bertz CT molecular complexity index is 703. The first-order valence-electron chi connectivity index (χ1n) is 6.32. The lowest BCUT2D eigenvalue weighted by Gasteiger charge is -2.16. The molecule has 0 amide bonds. The number of aliphatic hydroxyl groups is 3. The number of hydrogen-bond acceptors (Lipinski definition) is 10. The number of aromatic nitrogens is 4. The van der Waals surface area contributed by atoms with Crippen LogP contribution in [-0.4, -0.2) is 69.5 Å². The number of nitrogens with zero attached hydrogens (tertiary/aromatic N) is 3. The Morgan fingerprint density at radius 2 is 2.00 bits per heavy atom. The summed E-state index contributed by atoms with van der Waals surface area (Å²) in [5.74, 6) is 0. The fraction of sp³-hybridized carbons (Fsp3) is 0.500. The topological polar surface area (TPSA) is 200 Å². The van der Waals surface area contributed by atoms with Crippen molar-refractivity contribution in [2.45, 2.75) is 24.5 Å². The van der Waals surface area contributed by atoms with Crippen molar-refractivity contribution >= 4 is 19.7 Å². The van der Waals surface area contributed by atoms with Crippen molar-refractivity contribution in [3.05, 3.63) is 23.0 Å². The first-order chi connectivity index (χ1) is 10.9. The minimum Gasteiger partial charge on any atom is -0.394 e. The van der Waals surface area contributed by atoms with Crippen LogP contribution in [0.4, 0.5) is 0 Å². The highest BCUT2D eigenvalue weighted by atomic mass is 31.2. The minimum atomic E-state index is -2.12. The molecule has 1 aliphatic heterocycles. The maximum Gasteiger partial charge on any atom is 0.278 e. The standard InChI is InChI=1S/C10H12N4O5.H4NO2P/c15-1-4-6(16)7(17)10(19-4)14-3-13-5-8(14)11-2-12-9(5)18;1-4(2)3/h2-4,6-7,10,15-17H,1H2,(H,11,12,18);2-3H,1H2/t4-,6-,7-,10-;/m1./s1. The lowest BCUT2D eigenvalue weighted by molar-refractivity contribution is -0.0511. The van der Waals surface area contributed by atoms with Crippen molar-refractivity contribution in [3.8, 4) is 0 Å². The van der Waals surface area contributed by atoms with Gasteiger partial charge in [0, 0.05) is 0 Å². The second-order valence-corrected chi connectivity index (χ2v) is 5.25. The Hall–Kier alpha value is -1.50. The van der Waals surface area contributed by atoms with E-state index in [0.717, 1.165) is 0 Å².